The van der Waals surface area contributed by atoms with Gasteiger partial charge in [0.1, 0.15) is 5.75 Å². The van der Waals surface area contributed by atoms with Gasteiger partial charge in [-0.3, -0.25) is 9.59 Å². The molecule has 2 aromatic rings. The molecule has 0 spiro atoms. The van der Waals surface area contributed by atoms with E-state index in [9.17, 15) is 14.7 Å². The Balaban J connectivity index is 2.06. The number of para-hydroxylation sites is 1. The summed E-state index contributed by atoms with van der Waals surface area (Å²) in [6, 6.07) is 14.5. The van der Waals surface area contributed by atoms with Gasteiger partial charge < -0.3 is 9.84 Å². The summed E-state index contributed by atoms with van der Waals surface area (Å²) in [7, 11) is 1.44. The molecule has 1 heterocycles. The van der Waals surface area contributed by atoms with Gasteiger partial charge in [-0.05, 0) is 30.3 Å². The van der Waals surface area contributed by atoms with Crippen molar-refractivity contribution in [2.24, 2.45) is 0 Å². The molecule has 0 fully saturated rings. The number of hydrogen-bond acceptors (Lipinski definition) is 5. The summed E-state index contributed by atoms with van der Waals surface area (Å²) in [5, 5.41) is 19.0. The molecule has 2 amide bonds. The maximum Gasteiger partial charge on any atom is 0.301 e. The van der Waals surface area contributed by atoms with Crippen LogP contribution >= 0.6 is 0 Å². The standard InChI is InChI=1S/C18H12N2O4/c1-24-14-5-3-2-4-13(14)15-16(21)18(23)20(17(15)22)12-8-6-11(10-19)7-9-12/h2-9,21H,1H3. The van der Waals surface area contributed by atoms with Gasteiger partial charge in [0.05, 0.1) is 30.0 Å². The zero-order valence-corrected chi connectivity index (χ0v) is 12.7. The summed E-state index contributed by atoms with van der Waals surface area (Å²) in [5.41, 5.74) is 0.911. The minimum Gasteiger partial charge on any atom is -0.502 e. The zero-order chi connectivity index (χ0) is 17.3. The first-order valence-electron chi connectivity index (χ1n) is 7.04. The van der Waals surface area contributed by atoms with Crippen molar-refractivity contribution in [1.29, 1.82) is 5.26 Å². The smallest absolute Gasteiger partial charge is 0.301 e. The number of benzene rings is 2. The highest BCUT2D eigenvalue weighted by Crippen LogP contribution is 2.35. The number of aliphatic hydroxyl groups excluding tert-OH is 1. The highest BCUT2D eigenvalue weighted by atomic mass is 16.5. The molecule has 6 nitrogen and oxygen atoms in total. The van der Waals surface area contributed by atoms with E-state index in [0.717, 1.165) is 4.90 Å². The van der Waals surface area contributed by atoms with Crippen molar-refractivity contribution < 1.29 is 19.4 Å². The second kappa shape index (κ2) is 5.89. The van der Waals surface area contributed by atoms with Crippen molar-refractivity contribution in [3.8, 4) is 11.8 Å². The van der Waals surface area contributed by atoms with E-state index in [1.54, 1.807) is 24.3 Å². The van der Waals surface area contributed by atoms with E-state index >= 15 is 0 Å². The van der Waals surface area contributed by atoms with E-state index in [1.165, 1.54) is 31.4 Å². The second-order valence-corrected chi connectivity index (χ2v) is 5.03. The van der Waals surface area contributed by atoms with Crippen molar-refractivity contribution in [1.82, 2.24) is 0 Å². The SMILES string of the molecule is COc1ccccc1C1=C(O)C(=O)N(c2ccc(C#N)cc2)C1=O. The number of rotatable bonds is 3. The topological polar surface area (TPSA) is 90.6 Å². The maximum atomic E-state index is 12.7. The van der Waals surface area contributed by atoms with E-state index in [2.05, 4.69) is 0 Å². The Kier molecular flexibility index (Phi) is 3.76. The molecule has 2 aromatic carbocycles. The van der Waals surface area contributed by atoms with Gasteiger partial charge in [-0.1, -0.05) is 18.2 Å². The number of amides is 2. The molecule has 6 heteroatoms. The number of carbonyl (C=O) groups excluding carboxylic acids is 2. The minimum atomic E-state index is -0.814. The number of aliphatic hydroxyl groups is 1. The Morgan fingerprint density at radius 2 is 1.71 bits per heavy atom. The van der Waals surface area contributed by atoms with Crippen LogP contribution < -0.4 is 9.64 Å². The van der Waals surface area contributed by atoms with E-state index in [-0.39, 0.29) is 11.3 Å². The lowest BCUT2D eigenvalue weighted by Crippen LogP contribution is -2.31. The number of ether oxygens (including phenoxy) is 1. The quantitative estimate of drug-likeness (QED) is 0.877. The molecule has 0 atom stereocenters. The number of anilines is 1. The summed E-state index contributed by atoms with van der Waals surface area (Å²) in [6.07, 6.45) is 0. The predicted molar refractivity (Wildman–Crippen MR) is 86.2 cm³/mol. The van der Waals surface area contributed by atoms with Crippen LogP contribution in [-0.4, -0.2) is 24.0 Å². The Morgan fingerprint density at radius 1 is 1.04 bits per heavy atom. The Labute approximate surface area is 137 Å². The van der Waals surface area contributed by atoms with Crippen LogP contribution in [0.15, 0.2) is 54.3 Å². The van der Waals surface area contributed by atoms with Gasteiger partial charge in [0.15, 0.2) is 5.76 Å². The van der Waals surface area contributed by atoms with Crippen LogP contribution in [0.2, 0.25) is 0 Å². The molecular formula is C18H12N2O4. The molecule has 118 valence electrons. The Hall–Kier alpha value is -3.59. The van der Waals surface area contributed by atoms with Crippen molar-refractivity contribution >= 4 is 23.1 Å². The van der Waals surface area contributed by atoms with E-state index in [0.29, 0.717) is 16.9 Å². The fourth-order valence-electron chi connectivity index (χ4n) is 2.53. The van der Waals surface area contributed by atoms with Gasteiger partial charge in [0.25, 0.3) is 5.91 Å². The van der Waals surface area contributed by atoms with Crippen molar-refractivity contribution in [2.75, 3.05) is 12.0 Å². The van der Waals surface area contributed by atoms with Gasteiger partial charge >= 0.3 is 5.91 Å². The highest BCUT2D eigenvalue weighted by molar-refractivity contribution is 6.45. The van der Waals surface area contributed by atoms with Gasteiger partial charge in [-0.2, -0.15) is 5.26 Å². The number of nitriles is 1. The molecule has 0 unspecified atom stereocenters. The number of nitrogens with zero attached hydrogens (tertiary/aromatic N) is 2. The molecule has 0 bridgehead atoms. The first kappa shape index (κ1) is 15.3. The summed E-state index contributed by atoms with van der Waals surface area (Å²) >= 11 is 0. The van der Waals surface area contributed by atoms with E-state index in [1.807, 2.05) is 6.07 Å². The van der Waals surface area contributed by atoms with Crippen LogP contribution in [0.4, 0.5) is 5.69 Å². The zero-order valence-electron chi connectivity index (χ0n) is 12.7. The molecule has 0 saturated carbocycles. The summed E-state index contributed by atoms with van der Waals surface area (Å²) in [6.45, 7) is 0. The van der Waals surface area contributed by atoms with Crippen molar-refractivity contribution in [3.05, 3.63) is 65.4 Å². The summed E-state index contributed by atoms with van der Waals surface area (Å²) in [5.74, 6) is -1.71. The maximum absolute atomic E-state index is 12.7. The average molecular weight is 320 g/mol. The van der Waals surface area contributed by atoms with Crippen LogP contribution in [-0.2, 0) is 9.59 Å². The van der Waals surface area contributed by atoms with E-state index in [4.69, 9.17) is 10.00 Å². The van der Waals surface area contributed by atoms with Crippen LogP contribution in [0.1, 0.15) is 11.1 Å². The Morgan fingerprint density at radius 3 is 2.33 bits per heavy atom. The minimum absolute atomic E-state index is 0.109. The lowest BCUT2D eigenvalue weighted by atomic mass is 10.0. The molecule has 0 radical (unpaired) electrons. The molecular weight excluding hydrogens is 308 g/mol. The molecule has 24 heavy (non-hydrogen) atoms. The summed E-state index contributed by atoms with van der Waals surface area (Å²) < 4.78 is 5.20. The third-order valence-electron chi connectivity index (χ3n) is 3.69. The monoisotopic (exact) mass is 320 g/mol. The highest BCUT2D eigenvalue weighted by Gasteiger charge is 2.41. The normalized spacial score (nSPS) is 14.1. The third kappa shape index (κ3) is 2.29. The Bertz CT molecular complexity index is 907. The average Bonchev–Trinajstić information content (AvgIpc) is 2.84. The van der Waals surface area contributed by atoms with Crippen LogP contribution in [0.25, 0.3) is 5.57 Å². The first-order chi connectivity index (χ1) is 11.6. The molecule has 0 aliphatic carbocycles. The number of methoxy groups -OCH3 is 1. The van der Waals surface area contributed by atoms with E-state index < -0.39 is 17.6 Å². The molecule has 0 saturated heterocycles. The number of imide groups is 1. The van der Waals surface area contributed by atoms with Gasteiger partial charge in [-0.25, -0.2) is 4.90 Å². The lowest BCUT2D eigenvalue weighted by molar-refractivity contribution is -0.121. The van der Waals surface area contributed by atoms with Gasteiger partial charge in [0, 0.05) is 5.56 Å². The largest absolute Gasteiger partial charge is 0.502 e. The predicted octanol–water partition coefficient (Wildman–Crippen LogP) is 2.41. The molecule has 1 aliphatic rings. The second-order valence-electron chi connectivity index (χ2n) is 5.03. The van der Waals surface area contributed by atoms with Crippen molar-refractivity contribution in [2.45, 2.75) is 0 Å². The van der Waals surface area contributed by atoms with Gasteiger partial charge in [-0.15, -0.1) is 0 Å². The molecule has 0 aromatic heterocycles. The molecule has 3 rings (SSSR count). The lowest BCUT2D eigenvalue weighted by Gasteiger charge is -2.15. The first-order valence-corrected chi connectivity index (χ1v) is 7.04. The molecule has 1 N–H and O–H groups in total. The van der Waals surface area contributed by atoms with Crippen LogP contribution in [0, 0.1) is 11.3 Å². The number of carbonyl (C=O) groups is 2. The van der Waals surface area contributed by atoms with Crippen molar-refractivity contribution in [3.63, 3.8) is 0 Å². The fraction of sp³-hybridized carbons (Fsp3) is 0.0556. The van der Waals surface area contributed by atoms with Gasteiger partial charge in [0.2, 0.25) is 0 Å². The molecule has 1 aliphatic heterocycles. The number of hydrogen-bond donors (Lipinski definition) is 1. The third-order valence-corrected chi connectivity index (χ3v) is 3.69. The fourth-order valence-corrected chi connectivity index (χ4v) is 2.53. The van der Waals surface area contributed by atoms with Crippen LogP contribution in [0.3, 0.4) is 0 Å². The van der Waals surface area contributed by atoms with Crippen LogP contribution in [0.5, 0.6) is 5.75 Å². The summed E-state index contributed by atoms with van der Waals surface area (Å²) in [4.78, 5) is 25.9.